The molecule has 2 heteroatoms. The van der Waals surface area contributed by atoms with E-state index in [9.17, 15) is 0 Å². The van der Waals surface area contributed by atoms with Gasteiger partial charge in [0.2, 0.25) is 0 Å². The van der Waals surface area contributed by atoms with Crippen LogP contribution in [0.15, 0.2) is 43.0 Å². The first-order valence-corrected chi connectivity index (χ1v) is 12.9. The van der Waals surface area contributed by atoms with Crippen molar-refractivity contribution in [2.24, 2.45) is 0 Å². The number of hydrogen-bond acceptors (Lipinski definition) is 1. The van der Waals surface area contributed by atoms with Gasteiger partial charge in [0, 0.05) is 12.4 Å². The van der Waals surface area contributed by atoms with Gasteiger partial charge in [-0.15, -0.1) is 0 Å². The predicted molar refractivity (Wildman–Crippen MR) is 131 cm³/mol. The van der Waals surface area contributed by atoms with E-state index < -0.39 is 0 Å². The fourth-order valence-electron chi connectivity index (χ4n) is 4.91. The summed E-state index contributed by atoms with van der Waals surface area (Å²) in [6, 6.07) is 9.59. The second-order valence-electron chi connectivity index (χ2n) is 9.02. The molecule has 30 heavy (non-hydrogen) atoms. The summed E-state index contributed by atoms with van der Waals surface area (Å²) in [4.78, 5) is 4.30. The van der Waals surface area contributed by atoms with E-state index >= 15 is 0 Å². The van der Waals surface area contributed by atoms with E-state index in [-0.39, 0.29) is 0 Å². The van der Waals surface area contributed by atoms with Crippen LogP contribution < -0.4 is 0 Å². The molecule has 1 unspecified atom stereocenters. The Morgan fingerprint density at radius 1 is 0.733 bits per heavy atom. The number of unbranched alkanes of at least 4 members (excludes halogenated alkanes) is 9. The summed E-state index contributed by atoms with van der Waals surface area (Å²) >= 11 is 0. The van der Waals surface area contributed by atoms with Gasteiger partial charge < -0.3 is 4.57 Å². The molecule has 2 atom stereocenters. The van der Waals surface area contributed by atoms with Gasteiger partial charge >= 0.3 is 0 Å². The van der Waals surface area contributed by atoms with Crippen LogP contribution in [0.1, 0.15) is 134 Å². The van der Waals surface area contributed by atoms with E-state index in [2.05, 4.69) is 60.8 Å². The van der Waals surface area contributed by atoms with Gasteiger partial charge in [0.1, 0.15) is 0 Å². The fraction of sp³-hybridized carbons (Fsp3) is 0.679. The van der Waals surface area contributed by atoms with E-state index in [0.717, 1.165) is 6.42 Å². The normalized spacial score (nSPS) is 13.4. The van der Waals surface area contributed by atoms with E-state index in [1.165, 1.54) is 89.0 Å². The number of aromatic nitrogens is 2. The summed E-state index contributed by atoms with van der Waals surface area (Å²) in [7, 11) is 0. The van der Waals surface area contributed by atoms with Crippen molar-refractivity contribution in [3.05, 3.63) is 54.1 Å². The minimum Gasteiger partial charge on any atom is -0.330 e. The molecule has 2 nitrogen and oxygen atoms in total. The van der Waals surface area contributed by atoms with Gasteiger partial charge in [-0.2, -0.15) is 0 Å². The molecule has 0 aliphatic rings. The molecule has 0 saturated carbocycles. The Labute approximate surface area is 186 Å². The smallest absolute Gasteiger partial charge is 0.0951 e. The lowest BCUT2D eigenvalue weighted by Gasteiger charge is -2.25. The van der Waals surface area contributed by atoms with Crippen LogP contribution in [-0.2, 0) is 0 Å². The SMILES string of the molecule is CCCCCCCCCCCC[C@H](CCC)c1ccccc1C(CC)n1ccnc1. The average molecular weight is 411 g/mol. The second kappa shape index (κ2) is 15.3. The van der Waals surface area contributed by atoms with Gasteiger partial charge in [-0.25, -0.2) is 4.98 Å². The highest BCUT2D eigenvalue weighted by Crippen LogP contribution is 2.35. The van der Waals surface area contributed by atoms with Crippen LogP contribution in [0.3, 0.4) is 0 Å². The quantitative estimate of drug-likeness (QED) is 0.238. The number of imidazole rings is 1. The first-order chi connectivity index (χ1) is 14.8. The van der Waals surface area contributed by atoms with Crippen molar-refractivity contribution in [2.75, 3.05) is 0 Å². The van der Waals surface area contributed by atoms with Crippen molar-refractivity contribution in [3.8, 4) is 0 Å². The molecule has 0 fully saturated rings. The molecular weight excluding hydrogens is 364 g/mol. The van der Waals surface area contributed by atoms with Crippen LogP contribution in [0.2, 0.25) is 0 Å². The maximum absolute atomic E-state index is 4.30. The molecule has 2 aromatic rings. The van der Waals surface area contributed by atoms with Gasteiger partial charge in [0.15, 0.2) is 0 Å². The molecule has 0 amide bonds. The molecular formula is C28H46N2. The maximum Gasteiger partial charge on any atom is 0.0951 e. The molecule has 0 N–H and O–H groups in total. The molecule has 2 rings (SSSR count). The zero-order valence-electron chi connectivity index (χ0n) is 20.0. The largest absolute Gasteiger partial charge is 0.330 e. The molecule has 1 heterocycles. The van der Waals surface area contributed by atoms with E-state index in [4.69, 9.17) is 0 Å². The lowest BCUT2D eigenvalue weighted by molar-refractivity contribution is 0.492. The fourth-order valence-corrected chi connectivity index (χ4v) is 4.91. The topological polar surface area (TPSA) is 17.8 Å². The maximum atomic E-state index is 4.30. The summed E-state index contributed by atoms with van der Waals surface area (Å²) in [6.45, 7) is 6.92. The Morgan fingerprint density at radius 3 is 1.93 bits per heavy atom. The van der Waals surface area contributed by atoms with E-state index in [1.807, 2.05) is 12.5 Å². The van der Waals surface area contributed by atoms with Crippen molar-refractivity contribution < 1.29 is 0 Å². The number of benzene rings is 1. The van der Waals surface area contributed by atoms with E-state index in [1.54, 1.807) is 5.56 Å². The van der Waals surface area contributed by atoms with E-state index in [0.29, 0.717) is 12.0 Å². The Hall–Kier alpha value is -1.57. The predicted octanol–water partition coefficient (Wildman–Crippen LogP) is 9.08. The molecule has 0 aliphatic heterocycles. The standard InChI is InChI=1S/C28H46N2/c1-4-7-8-9-10-11-12-13-14-15-19-25(18-5-2)26-20-16-17-21-27(26)28(6-3)30-23-22-29-24-30/h16-17,20-25,28H,4-15,18-19H2,1-3H3/t25-,28?/m0/s1. The van der Waals surface area contributed by atoms with Gasteiger partial charge in [0.05, 0.1) is 12.4 Å². The number of hydrogen-bond donors (Lipinski definition) is 0. The number of nitrogens with zero attached hydrogens (tertiary/aromatic N) is 2. The molecule has 0 radical (unpaired) electrons. The molecule has 1 aromatic heterocycles. The third-order valence-electron chi connectivity index (χ3n) is 6.61. The van der Waals surface area contributed by atoms with Crippen molar-refractivity contribution in [1.82, 2.24) is 9.55 Å². The van der Waals surface area contributed by atoms with Crippen LogP contribution in [0.5, 0.6) is 0 Å². The van der Waals surface area contributed by atoms with Crippen LogP contribution in [-0.4, -0.2) is 9.55 Å². The van der Waals surface area contributed by atoms with Gasteiger partial charge in [-0.1, -0.05) is 116 Å². The average Bonchev–Trinajstić information content (AvgIpc) is 3.30. The first-order valence-electron chi connectivity index (χ1n) is 12.9. The Kier molecular flexibility index (Phi) is 12.6. The van der Waals surface area contributed by atoms with Crippen LogP contribution in [0.4, 0.5) is 0 Å². The summed E-state index contributed by atoms with van der Waals surface area (Å²) in [5.41, 5.74) is 3.08. The highest BCUT2D eigenvalue weighted by molar-refractivity contribution is 5.33. The van der Waals surface area contributed by atoms with Crippen LogP contribution in [0, 0.1) is 0 Å². The summed E-state index contributed by atoms with van der Waals surface area (Å²) in [6.07, 6.45) is 25.1. The van der Waals surface area contributed by atoms with Crippen molar-refractivity contribution in [1.29, 1.82) is 0 Å². The lowest BCUT2D eigenvalue weighted by Crippen LogP contribution is -2.12. The molecule has 0 aliphatic carbocycles. The van der Waals surface area contributed by atoms with Crippen molar-refractivity contribution >= 4 is 0 Å². The molecule has 0 bridgehead atoms. The minimum absolute atomic E-state index is 0.399. The van der Waals surface area contributed by atoms with Gasteiger partial charge in [-0.05, 0) is 36.3 Å². The third kappa shape index (κ3) is 8.28. The summed E-state index contributed by atoms with van der Waals surface area (Å²) in [5.74, 6) is 0.692. The van der Waals surface area contributed by atoms with Crippen molar-refractivity contribution in [2.45, 2.75) is 123 Å². The molecule has 168 valence electrons. The third-order valence-corrected chi connectivity index (χ3v) is 6.61. The lowest BCUT2D eigenvalue weighted by atomic mass is 9.84. The highest BCUT2D eigenvalue weighted by atomic mass is 15.0. The summed E-state index contributed by atoms with van der Waals surface area (Å²) in [5, 5.41) is 0. The molecule has 0 saturated heterocycles. The summed E-state index contributed by atoms with van der Waals surface area (Å²) < 4.78 is 2.28. The minimum atomic E-state index is 0.399. The Balaban J connectivity index is 1.86. The monoisotopic (exact) mass is 410 g/mol. The van der Waals surface area contributed by atoms with Gasteiger partial charge in [0.25, 0.3) is 0 Å². The zero-order chi connectivity index (χ0) is 21.4. The zero-order valence-corrected chi connectivity index (χ0v) is 20.0. The molecule has 0 spiro atoms. The molecule has 1 aromatic carbocycles. The van der Waals surface area contributed by atoms with Crippen molar-refractivity contribution in [3.63, 3.8) is 0 Å². The Bertz CT molecular complexity index is 646. The number of rotatable bonds is 17. The van der Waals surface area contributed by atoms with Gasteiger partial charge in [-0.3, -0.25) is 0 Å². The van der Waals surface area contributed by atoms with Crippen LogP contribution >= 0.6 is 0 Å². The first kappa shape index (κ1) is 24.7. The Morgan fingerprint density at radius 2 is 1.37 bits per heavy atom. The van der Waals surface area contributed by atoms with Crippen LogP contribution in [0.25, 0.3) is 0 Å². The second-order valence-corrected chi connectivity index (χ2v) is 9.02. The highest BCUT2D eigenvalue weighted by Gasteiger charge is 2.20.